The Morgan fingerprint density at radius 1 is 1.50 bits per heavy atom. The fraction of sp³-hybridized carbons (Fsp3) is 0.462. The fourth-order valence-corrected chi connectivity index (χ4v) is 1.58. The molecule has 0 aromatic heterocycles. The van der Waals surface area contributed by atoms with E-state index in [0.29, 0.717) is 6.54 Å². The molecule has 1 aromatic rings. The van der Waals surface area contributed by atoms with Gasteiger partial charge in [-0.05, 0) is 31.0 Å². The lowest BCUT2D eigenvalue weighted by molar-refractivity contribution is -0.116. The highest BCUT2D eigenvalue weighted by molar-refractivity contribution is 5.91. The van der Waals surface area contributed by atoms with Gasteiger partial charge in [0.2, 0.25) is 5.91 Å². The molecular weight excluding hydrogens is 200 g/mol. The van der Waals surface area contributed by atoms with Gasteiger partial charge >= 0.3 is 0 Å². The highest BCUT2D eigenvalue weighted by atomic mass is 16.2. The second-order valence-electron chi connectivity index (χ2n) is 4.14. The van der Waals surface area contributed by atoms with Crippen molar-refractivity contribution in [1.29, 1.82) is 0 Å². The zero-order valence-electron chi connectivity index (χ0n) is 10.2. The number of rotatable bonds is 4. The third-order valence-corrected chi connectivity index (χ3v) is 2.63. The molecule has 2 N–H and O–H groups in total. The van der Waals surface area contributed by atoms with Gasteiger partial charge in [0.1, 0.15) is 0 Å². The van der Waals surface area contributed by atoms with Crippen LogP contribution in [0.2, 0.25) is 0 Å². The van der Waals surface area contributed by atoms with Crippen molar-refractivity contribution in [3.05, 3.63) is 29.8 Å². The van der Waals surface area contributed by atoms with E-state index in [1.165, 1.54) is 0 Å². The first kappa shape index (κ1) is 12.7. The number of hydrogen-bond acceptors (Lipinski definition) is 2. The lowest BCUT2D eigenvalue weighted by Crippen LogP contribution is -2.39. The van der Waals surface area contributed by atoms with Gasteiger partial charge in [0.05, 0.1) is 0 Å². The average molecular weight is 220 g/mol. The maximum atomic E-state index is 11.6. The summed E-state index contributed by atoms with van der Waals surface area (Å²) in [6.07, 6.45) is 0.871. The monoisotopic (exact) mass is 220 g/mol. The van der Waals surface area contributed by atoms with Crippen molar-refractivity contribution in [3.63, 3.8) is 0 Å². The Hall–Kier alpha value is -1.35. The van der Waals surface area contributed by atoms with Gasteiger partial charge in [0.25, 0.3) is 0 Å². The summed E-state index contributed by atoms with van der Waals surface area (Å²) in [6, 6.07) is 7.95. The van der Waals surface area contributed by atoms with E-state index >= 15 is 0 Å². The molecule has 16 heavy (non-hydrogen) atoms. The molecule has 0 saturated heterocycles. The molecule has 0 fully saturated rings. The van der Waals surface area contributed by atoms with Gasteiger partial charge in [-0.15, -0.1) is 0 Å². The van der Waals surface area contributed by atoms with Gasteiger partial charge in [-0.3, -0.25) is 4.79 Å². The Labute approximate surface area is 97.2 Å². The number of nitrogens with zero attached hydrogens (tertiary/aromatic N) is 1. The maximum Gasteiger partial charge on any atom is 0.223 e. The van der Waals surface area contributed by atoms with Crippen molar-refractivity contribution >= 4 is 11.6 Å². The highest BCUT2D eigenvalue weighted by Crippen LogP contribution is 2.16. The van der Waals surface area contributed by atoms with Crippen molar-refractivity contribution in [1.82, 2.24) is 0 Å². The number of carbonyl (C=O) groups is 1. The summed E-state index contributed by atoms with van der Waals surface area (Å²) < 4.78 is 0. The van der Waals surface area contributed by atoms with Gasteiger partial charge in [-0.25, -0.2) is 0 Å². The molecule has 0 heterocycles. The van der Waals surface area contributed by atoms with E-state index in [4.69, 9.17) is 5.73 Å². The lowest BCUT2D eigenvalue weighted by Gasteiger charge is -2.24. The van der Waals surface area contributed by atoms with Crippen LogP contribution in [0.4, 0.5) is 5.69 Å². The van der Waals surface area contributed by atoms with E-state index in [1.807, 2.05) is 38.1 Å². The van der Waals surface area contributed by atoms with Crippen LogP contribution < -0.4 is 10.6 Å². The zero-order chi connectivity index (χ0) is 12.1. The molecule has 0 aliphatic heterocycles. The molecule has 1 aromatic carbocycles. The van der Waals surface area contributed by atoms with Gasteiger partial charge < -0.3 is 10.6 Å². The Bertz CT molecular complexity index is 363. The molecule has 0 aliphatic rings. The van der Waals surface area contributed by atoms with Crippen LogP contribution in [0.1, 0.15) is 25.8 Å². The van der Waals surface area contributed by atoms with Crippen molar-refractivity contribution in [2.75, 3.05) is 11.4 Å². The van der Waals surface area contributed by atoms with E-state index in [1.54, 1.807) is 11.8 Å². The number of anilines is 1. The van der Waals surface area contributed by atoms with Crippen LogP contribution in [0.3, 0.4) is 0 Å². The Kier molecular flexibility index (Phi) is 4.50. The maximum absolute atomic E-state index is 11.6. The first-order valence-electron chi connectivity index (χ1n) is 5.65. The average Bonchev–Trinajstić information content (AvgIpc) is 2.25. The quantitative estimate of drug-likeness (QED) is 0.844. The molecular formula is C13H20N2O. The molecule has 1 atom stereocenters. The summed E-state index contributed by atoms with van der Waals surface area (Å²) in [5, 5.41) is 0. The van der Waals surface area contributed by atoms with Gasteiger partial charge in [0.15, 0.2) is 0 Å². The summed E-state index contributed by atoms with van der Waals surface area (Å²) in [6.45, 7) is 6.20. The van der Waals surface area contributed by atoms with Crippen LogP contribution in [0, 0.1) is 6.92 Å². The van der Waals surface area contributed by atoms with Crippen LogP contribution in [-0.4, -0.2) is 18.5 Å². The first-order chi connectivity index (χ1) is 7.54. The van der Waals surface area contributed by atoms with E-state index < -0.39 is 0 Å². The third kappa shape index (κ3) is 3.35. The number of nitrogens with two attached hydrogens (primary N) is 1. The number of hydrogen-bond donors (Lipinski definition) is 1. The summed E-state index contributed by atoms with van der Waals surface area (Å²) in [5.74, 6) is 0.0366. The first-order valence-corrected chi connectivity index (χ1v) is 5.65. The minimum Gasteiger partial charge on any atom is -0.326 e. The number of carbonyl (C=O) groups excluding carboxylic acids is 1. The van der Waals surface area contributed by atoms with Gasteiger partial charge in [-0.2, -0.15) is 0 Å². The summed E-state index contributed by atoms with van der Waals surface area (Å²) in [7, 11) is 0. The largest absolute Gasteiger partial charge is 0.326 e. The normalized spacial score (nSPS) is 12.2. The molecule has 1 rings (SSSR count). The van der Waals surface area contributed by atoms with Crippen LogP contribution in [0.25, 0.3) is 0 Å². The summed E-state index contributed by atoms with van der Waals surface area (Å²) >= 11 is 0. The number of aryl methyl sites for hydroxylation is 1. The molecule has 1 amide bonds. The lowest BCUT2D eigenvalue weighted by atomic mass is 10.1. The van der Waals surface area contributed by atoms with Crippen LogP contribution >= 0.6 is 0 Å². The molecule has 0 aliphatic carbocycles. The van der Waals surface area contributed by atoms with Gasteiger partial charge in [-0.1, -0.05) is 19.1 Å². The fourth-order valence-electron chi connectivity index (χ4n) is 1.58. The standard InChI is InChI=1S/C13H20N2O/c1-4-12(14)9-15(11(3)16)13-7-5-6-10(2)8-13/h5-8,12H,4,9,14H2,1-3H3. The summed E-state index contributed by atoms with van der Waals surface area (Å²) in [5.41, 5.74) is 7.97. The second-order valence-corrected chi connectivity index (χ2v) is 4.14. The Balaban J connectivity index is 2.89. The van der Waals surface area contributed by atoms with Crippen molar-refractivity contribution in [2.45, 2.75) is 33.2 Å². The van der Waals surface area contributed by atoms with E-state index in [9.17, 15) is 4.79 Å². The van der Waals surface area contributed by atoms with Gasteiger partial charge in [0, 0.05) is 25.2 Å². The topological polar surface area (TPSA) is 46.3 Å². The summed E-state index contributed by atoms with van der Waals surface area (Å²) in [4.78, 5) is 13.3. The van der Waals surface area contributed by atoms with Crippen molar-refractivity contribution < 1.29 is 4.79 Å². The number of amides is 1. The zero-order valence-corrected chi connectivity index (χ0v) is 10.2. The van der Waals surface area contributed by atoms with Crippen molar-refractivity contribution in [3.8, 4) is 0 Å². The molecule has 1 unspecified atom stereocenters. The number of benzene rings is 1. The van der Waals surface area contributed by atoms with Crippen LogP contribution in [-0.2, 0) is 4.79 Å². The Morgan fingerprint density at radius 2 is 2.19 bits per heavy atom. The van der Waals surface area contributed by atoms with Crippen molar-refractivity contribution in [2.24, 2.45) is 5.73 Å². The molecule has 0 spiro atoms. The minimum atomic E-state index is 0.0319. The third-order valence-electron chi connectivity index (χ3n) is 2.63. The molecule has 88 valence electrons. The van der Waals surface area contributed by atoms with Crippen LogP contribution in [0.5, 0.6) is 0 Å². The van der Waals surface area contributed by atoms with E-state index in [-0.39, 0.29) is 11.9 Å². The smallest absolute Gasteiger partial charge is 0.223 e. The second kappa shape index (κ2) is 5.66. The molecule has 0 radical (unpaired) electrons. The minimum absolute atomic E-state index is 0.0319. The molecule has 3 nitrogen and oxygen atoms in total. The predicted molar refractivity (Wildman–Crippen MR) is 67.5 cm³/mol. The van der Waals surface area contributed by atoms with E-state index in [2.05, 4.69) is 0 Å². The Morgan fingerprint density at radius 3 is 2.69 bits per heavy atom. The SMILES string of the molecule is CCC(N)CN(C(C)=O)c1cccc(C)c1. The predicted octanol–water partition coefficient (Wildman–Crippen LogP) is 2.09. The molecule has 0 bridgehead atoms. The molecule has 3 heteroatoms. The van der Waals surface area contributed by atoms with Crippen LogP contribution in [0.15, 0.2) is 24.3 Å². The highest BCUT2D eigenvalue weighted by Gasteiger charge is 2.14. The van der Waals surface area contributed by atoms with E-state index in [0.717, 1.165) is 17.7 Å². The molecule has 0 saturated carbocycles.